The molecule has 0 saturated carbocycles. The Morgan fingerprint density at radius 2 is 1.87 bits per heavy atom. The lowest BCUT2D eigenvalue weighted by Gasteiger charge is -2.11. The molecule has 0 aliphatic carbocycles. The Kier molecular flexibility index (Phi) is 4.32. The number of hydrogen-bond donors (Lipinski definition) is 1. The van der Waals surface area contributed by atoms with Crippen molar-refractivity contribution in [2.75, 3.05) is 13.2 Å². The van der Waals surface area contributed by atoms with Gasteiger partial charge in [-0.25, -0.2) is 9.97 Å². The molecule has 1 aromatic carbocycles. The number of aromatic nitrogens is 4. The highest BCUT2D eigenvalue weighted by atomic mass is 16.5. The van der Waals surface area contributed by atoms with Crippen LogP contribution in [-0.2, 0) is 7.05 Å². The highest BCUT2D eigenvalue weighted by Crippen LogP contribution is 2.32. The van der Waals surface area contributed by atoms with Gasteiger partial charge >= 0.3 is 0 Å². The van der Waals surface area contributed by atoms with E-state index in [2.05, 4.69) is 15.0 Å². The molecule has 0 fully saturated rings. The van der Waals surface area contributed by atoms with E-state index in [9.17, 15) is 0 Å². The van der Waals surface area contributed by atoms with Gasteiger partial charge in [0.1, 0.15) is 5.69 Å². The number of rotatable bonds is 6. The zero-order valence-electron chi connectivity index (χ0n) is 13.5. The van der Waals surface area contributed by atoms with Crippen LogP contribution in [0.5, 0.6) is 11.5 Å². The third-order valence-corrected chi connectivity index (χ3v) is 3.49. The molecule has 0 aliphatic rings. The van der Waals surface area contributed by atoms with E-state index in [0.717, 1.165) is 34.3 Å². The molecular weight excluding hydrogens is 292 g/mol. The molecule has 0 aliphatic heterocycles. The zero-order valence-corrected chi connectivity index (χ0v) is 13.5. The molecule has 0 bridgehead atoms. The van der Waals surface area contributed by atoms with Crippen molar-refractivity contribution >= 4 is 0 Å². The number of hydrogen-bond acceptors (Lipinski definition) is 4. The molecular formula is C17H20N4O2. The molecule has 6 heteroatoms. The normalized spacial score (nSPS) is 10.7. The number of H-pyrrole nitrogens is 1. The topological polar surface area (TPSA) is 65.0 Å². The van der Waals surface area contributed by atoms with Gasteiger partial charge in [0.05, 0.1) is 37.6 Å². The van der Waals surface area contributed by atoms with Gasteiger partial charge in [0, 0.05) is 12.6 Å². The van der Waals surface area contributed by atoms with Gasteiger partial charge in [-0.2, -0.15) is 0 Å². The van der Waals surface area contributed by atoms with E-state index in [1.807, 2.05) is 49.9 Å². The van der Waals surface area contributed by atoms with Crippen LogP contribution >= 0.6 is 0 Å². The fraction of sp³-hybridized carbons (Fsp3) is 0.294. The van der Waals surface area contributed by atoms with Gasteiger partial charge in [-0.3, -0.25) is 0 Å². The van der Waals surface area contributed by atoms with Gasteiger partial charge in [0.15, 0.2) is 17.3 Å². The summed E-state index contributed by atoms with van der Waals surface area (Å²) < 4.78 is 13.2. The van der Waals surface area contributed by atoms with E-state index in [1.165, 1.54) is 0 Å². The smallest absolute Gasteiger partial charge is 0.161 e. The molecule has 0 unspecified atom stereocenters. The number of aromatic amines is 1. The molecule has 120 valence electrons. The van der Waals surface area contributed by atoms with Crippen molar-refractivity contribution in [2.45, 2.75) is 13.8 Å². The third-order valence-electron chi connectivity index (χ3n) is 3.49. The first-order valence-corrected chi connectivity index (χ1v) is 7.64. The molecule has 23 heavy (non-hydrogen) atoms. The summed E-state index contributed by atoms with van der Waals surface area (Å²) in [7, 11) is 1.94. The third kappa shape index (κ3) is 3.06. The predicted molar refractivity (Wildman–Crippen MR) is 88.6 cm³/mol. The van der Waals surface area contributed by atoms with Gasteiger partial charge in [-0.15, -0.1) is 0 Å². The average molecular weight is 312 g/mol. The lowest BCUT2D eigenvalue weighted by molar-refractivity contribution is 0.288. The van der Waals surface area contributed by atoms with Crippen molar-refractivity contribution in [2.24, 2.45) is 7.05 Å². The zero-order chi connectivity index (χ0) is 16.2. The minimum absolute atomic E-state index is 0.590. The van der Waals surface area contributed by atoms with E-state index in [-0.39, 0.29) is 0 Å². The molecule has 2 aromatic heterocycles. The van der Waals surface area contributed by atoms with E-state index in [0.29, 0.717) is 13.2 Å². The molecule has 2 heterocycles. The lowest BCUT2D eigenvalue weighted by atomic mass is 10.1. The van der Waals surface area contributed by atoms with E-state index >= 15 is 0 Å². The quantitative estimate of drug-likeness (QED) is 0.758. The number of benzene rings is 1. The molecule has 0 radical (unpaired) electrons. The maximum atomic E-state index is 5.68. The Morgan fingerprint density at radius 1 is 1.09 bits per heavy atom. The minimum Gasteiger partial charge on any atom is -0.490 e. The Morgan fingerprint density at radius 3 is 2.57 bits per heavy atom. The second kappa shape index (κ2) is 6.56. The predicted octanol–water partition coefficient (Wildman–Crippen LogP) is 3.27. The van der Waals surface area contributed by atoms with Crippen molar-refractivity contribution in [3.8, 4) is 34.3 Å². The van der Waals surface area contributed by atoms with E-state index in [4.69, 9.17) is 9.47 Å². The monoisotopic (exact) mass is 312 g/mol. The summed E-state index contributed by atoms with van der Waals surface area (Å²) in [6.45, 7) is 5.11. The second-order valence-electron chi connectivity index (χ2n) is 5.06. The van der Waals surface area contributed by atoms with Crippen molar-refractivity contribution < 1.29 is 9.47 Å². The van der Waals surface area contributed by atoms with Crippen LogP contribution in [0.1, 0.15) is 13.8 Å². The summed E-state index contributed by atoms with van der Waals surface area (Å²) in [6.07, 6.45) is 5.35. The van der Waals surface area contributed by atoms with E-state index in [1.54, 1.807) is 12.5 Å². The number of imidazole rings is 2. The van der Waals surface area contributed by atoms with E-state index < -0.39 is 0 Å². The van der Waals surface area contributed by atoms with Crippen LogP contribution in [0.4, 0.5) is 0 Å². The Labute approximate surface area is 135 Å². The summed E-state index contributed by atoms with van der Waals surface area (Å²) in [5.74, 6) is 2.28. The largest absolute Gasteiger partial charge is 0.490 e. The Hall–Kier alpha value is -2.76. The molecule has 3 aromatic rings. The summed E-state index contributed by atoms with van der Waals surface area (Å²) in [5, 5.41) is 0. The maximum absolute atomic E-state index is 5.68. The van der Waals surface area contributed by atoms with Crippen molar-refractivity contribution in [1.29, 1.82) is 0 Å². The van der Waals surface area contributed by atoms with Crippen LogP contribution in [0.15, 0.2) is 36.9 Å². The Balaban J connectivity index is 1.94. The van der Waals surface area contributed by atoms with Crippen LogP contribution < -0.4 is 9.47 Å². The summed E-state index contributed by atoms with van der Waals surface area (Å²) in [6, 6.07) is 5.89. The summed E-state index contributed by atoms with van der Waals surface area (Å²) in [5.41, 5.74) is 2.86. The minimum atomic E-state index is 0.590. The van der Waals surface area contributed by atoms with Gasteiger partial charge < -0.3 is 19.0 Å². The van der Waals surface area contributed by atoms with Gasteiger partial charge in [0.2, 0.25) is 0 Å². The first kappa shape index (κ1) is 15.1. The first-order valence-electron chi connectivity index (χ1n) is 7.64. The highest BCUT2D eigenvalue weighted by molar-refractivity contribution is 5.66. The number of nitrogens with one attached hydrogen (secondary N) is 1. The molecule has 1 N–H and O–H groups in total. The van der Waals surface area contributed by atoms with Crippen LogP contribution in [0.25, 0.3) is 22.8 Å². The highest BCUT2D eigenvalue weighted by Gasteiger charge is 2.11. The standard InChI is InChI=1S/C17H20N4O2/c1-4-22-15-7-6-12(8-16(15)23-5-2)13-9-19-17(20-13)14-10-18-11-21(14)3/h6-11H,4-5H2,1-3H3,(H,19,20). The number of nitrogens with zero attached hydrogens (tertiary/aromatic N) is 3. The molecule has 3 rings (SSSR count). The lowest BCUT2D eigenvalue weighted by Crippen LogP contribution is -1.98. The summed E-state index contributed by atoms with van der Waals surface area (Å²) >= 11 is 0. The van der Waals surface area contributed by atoms with Gasteiger partial charge in [-0.1, -0.05) is 0 Å². The molecule has 0 saturated heterocycles. The van der Waals surface area contributed by atoms with Crippen LogP contribution in [0.3, 0.4) is 0 Å². The average Bonchev–Trinajstić information content (AvgIpc) is 3.18. The van der Waals surface area contributed by atoms with Crippen molar-refractivity contribution in [3.05, 3.63) is 36.9 Å². The molecule has 0 amide bonds. The number of ether oxygens (including phenoxy) is 2. The fourth-order valence-electron chi connectivity index (χ4n) is 2.40. The number of aryl methyl sites for hydroxylation is 1. The van der Waals surface area contributed by atoms with Crippen LogP contribution in [0, 0.1) is 0 Å². The maximum Gasteiger partial charge on any atom is 0.161 e. The first-order chi connectivity index (χ1) is 11.2. The molecule has 0 atom stereocenters. The summed E-state index contributed by atoms with van der Waals surface area (Å²) in [4.78, 5) is 11.9. The van der Waals surface area contributed by atoms with Gasteiger partial charge in [-0.05, 0) is 32.0 Å². The van der Waals surface area contributed by atoms with Crippen LogP contribution in [-0.4, -0.2) is 32.7 Å². The fourth-order valence-corrected chi connectivity index (χ4v) is 2.40. The Bertz CT molecular complexity index is 791. The SMILES string of the molecule is CCOc1ccc(-c2cnc(-c3cncn3C)[nH]2)cc1OCC. The van der Waals surface area contributed by atoms with Gasteiger partial charge in [0.25, 0.3) is 0 Å². The van der Waals surface area contributed by atoms with Crippen LogP contribution in [0.2, 0.25) is 0 Å². The molecule has 0 spiro atoms. The van der Waals surface area contributed by atoms with Crippen molar-refractivity contribution in [1.82, 2.24) is 19.5 Å². The second-order valence-corrected chi connectivity index (χ2v) is 5.06. The van der Waals surface area contributed by atoms with Crippen molar-refractivity contribution in [3.63, 3.8) is 0 Å². The molecule has 6 nitrogen and oxygen atoms in total.